The van der Waals surface area contributed by atoms with Crippen LogP contribution in [0.1, 0.15) is 5.69 Å². The summed E-state index contributed by atoms with van der Waals surface area (Å²) in [7, 11) is 0. The largest absolute Gasteiger partial charge is 0.431 e. The molecule has 0 spiro atoms. The summed E-state index contributed by atoms with van der Waals surface area (Å²) in [6.07, 6.45) is -2.87. The number of aromatic nitrogens is 2. The van der Waals surface area contributed by atoms with Crippen molar-refractivity contribution in [2.24, 2.45) is 0 Å². The highest BCUT2D eigenvalue weighted by Crippen LogP contribution is 2.31. The van der Waals surface area contributed by atoms with Gasteiger partial charge in [-0.05, 0) is 34.7 Å². The third-order valence-corrected chi connectivity index (χ3v) is 2.72. The molecule has 0 aliphatic heterocycles. The Morgan fingerprint density at radius 2 is 2.07 bits per heavy atom. The van der Waals surface area contributed by atoms with Gasteiger partial charge in [-0.1, -0.05) is 0 Å². The van der Waals surface area contributed by atoms with Gasteiger partial charge in [0, 0.05) is 15.2 Å². The molecule has 0 saturated heterocycles. The molecule has 6 heteroatoms. The summed E-state index contributed by atoms with van der Waals surface area (Å²) in [5.74, 6) is 0. The Kier molecular flexibility index (Phi) is 2.17. The molecule has 74 valence electrons. The number of nitrogens with zero attached hydrogens (tertiary/aromatic N) is 1. The van der Waals surface area contributed by atoms with E-state index in [2.05, 4.69) is 9.97 Å². The summed E-state index contributed by atoms with van der Waals surface area (Å²) in [6, 6.07) is 2.74. The van der Waals surface area contributed by atoms with Gasteiger partial charge in [0.05, 0.1) is 0 Å². The zero-order chi connectivity index (χ0) is 10.3. The first-order valence-electron chi connectivity index (χ1n) is 3.69. The maximum Gasteiger partial charge on any atom is 0.431 e. The van der Waals surface area contributed by atoms with E-state index < -0.39 is 11.9 Å². The van der Waals surface area contributed by atoms with Crippen LogP contribution in [0.25, 0.3) is 11.0 Å². The van der Waals surface area contributed by atoms with Gasteiger partial charge >= 0.3 is 6.18 Å². The van der Waals surface area contributed by atoms with E-state index in [9.17, 15) is 13.2 Å². The average molecular weight is 312 g/mol. The predicted octanol–water partition coefficient (Wildman–Crippen LogP) is 3.19. The fourth-order valence-corrected chi connectivity index (χ4v) is 1.72. The SMILES string of the molecule is FC(F)(F)c1cc2c(I)ccnc2[nH]1. The number of pyridine rings is 1. The number of hydrogen-bond donors (Lipinski definition) is 1. The van der Waals surface area contributed by atoms with E-state index in [0.717, 1.165) is 9.64 Å². The molecule has 0 aromatic carbocycles. The topological polar surface area (TPSA) is 28.7 Å². The van der Waals surface area contributed by atoms with Gasteiger partial charge in [0.1, 0.15) is 11.3 Å². The second kappa shape index (κ2) is 3.11. The predicted molar refractivity (Wildman–Crippen MR) is 53.8 cm³/mol. The number of halogens is 4. The molecule has 0 saturated carbocycles. The van der Waals surface area contributed by atoms with Crippen molar-refractivity contribution in [2.45, 2.75) is 6.18 Å². The summed E-state index contributed by atoms with van der Waals surface area (Å²) in [5.41, 5.74) is -0.492. The summed E-state index contributed by atoms with van der Waals surface area (Å²) in [5, 5.41) is 0.500. The van der Waals surface area contributed by atoms with Crippen LogP contribution in [0, 0.1) is 3.57 Å². The second-order valence-electron chi connectivity index (χ2n) is 2.74. The van der Waals surface area contributed by atoms with Crippen molar-refractivity contribution in [2.75, 3.05) is 0 Å². The molecule has 0 aliphatic carbocycles. The first-order valence-corrected chi connectivity index (χ1v) is 4.77. The van der Waals surface area contributed by atoms with Gasteiger partial charge < -0.3 is 4.98 Å². The van der Waals surface area contributed by atoms with Gasteiger partial charge in [-0.25, -0.2) is 4.98 Å². The molecule has 0 bridgehead atoms. The lowest BCUT2D eigenvalue weighted by molar-refractivity contribution is -0.140. The first kappa shape index (κ1) is 9.75. The highest BCUT2D eigenvalue weighted by atomic mass is 127. The smallest absolute Gasteiger partial charge is 0.336 e. The van der Waals surface area contributed by atoms with Gasteiger partial charge in [0.15, 0.2) is 0 Å². The van der Waals surface area contributed by atoms with E-state index in [4.69, 9.17) is 0 Å². The average Bonchev–Trinajstić information content (AvgIpc) is 2.48. The van der Waals surface area contributed by atoms with Crippen LogP contribution in [0.2, 0.25) is 0 Å². The van der Waals surface area contributed by atoms with E-state index in [1.54, 1.807) is 6.07 Å². The molecule has 2 rings (SSSR count). The van der Waals surface area contributed by atoms with Crippen molar-refractivity contribution >= 4 is 33.6 Å². The third kappa shape index (κ3) is 1.58. The molecule has 0 fully saturated rings. The Bertz CT molecular complexity index is 475. The van der Waals surface area contributed by atoms with Crippen molar-refractivity contribution in [1.82, 2.24) is 9.97 Å². The van der Waals surface area contributed by atoms with Crippen LogP contribution in [0.4, 0.5) is 13.2 Å². The van der Waals surface area contributed by atoms with Gasteiger partial charge in [0.25, 0.3) is 0 Å². The Balaban J connectivity index is 2.69. The van der Waals surface area contributed by atoms with E-state index in [1.165, 1.54) is 6.20 Å². The fourth-order valence-electron chi connectivity index (χ4n) is 1.15. The number of nitrogens with one attached hydrogen (secondary N) is 1. The Morgan fingerprint density at radius 1 is 1.36 bits per heavy atom. The minimum atomic E-state index is -4.34. The highest BCUT2D eigenvalue weighted by molar-refractivity contribution is 14.1. The third-order valence-electron chi connectivity index (χ3n) is 1.78. The van der Waals surface area contributed by atoms with Gasteiger partial charge in [-0.3, -0.25) is 0 Å². The van der Waals surface area contributed by atoms with Crippen LogP contribution in [-0.2, 0) is 6.18 Å². The molecule has 14 heavy (non-hydrogen) atoms. The minimum absolute atomic E-state index is 0.268. The molecule has 2 heterocycles. The van der Waals surface area contributed by atoms with E-state index in [-0.39, 0.29) is 5.65 Å². The number of rotatable bonds is 0. The van der Waals surface area contributed by atoms with Crippen molar-refractivity contribution < 1.29 is 13.2 Å². The van der Waals surface area contributed by atoms with Gasteiger partial charge in [-0.15, -0.1) is 0 Å². The first-order chi connectivity index (χ1) is 6.48. The number of fused-ring (bicyclic) bond motifs is 1. The van der Waals surface area contributed by atoms with Crippen LogP contribution in [0.5, 0.6) is 0 Å². The Hall–Kier alpha value is -0.790. The van der Waals surface area contributed by atoms with Crippen LogP contribution in [0.3, 0.4) is 0 Å². The number of aromatic amines is 1. The van der Waals surface area contributed by atoms with Crippen LogP contribution in [-0.4, -0.2) is 9.97 Å². The summed E-state index contributed by atoms with van der Waals surface area (Å²) in [4.78, 5) is 6.05. The molecule has 2 aromatic rings. The highest BCUT2D eigenvalue weighted by Gasteiger charge is 2.32. The zero-order valence-corrected chi connectivity index (χ0v) is 8.85. The summed E-state index contributed by atoms with van der Waals surface area (Å²) >= 11 is 1.97. The standard InChI is InChI=1S/C8H4F3IN2/c9-8(10,11)6-3-4-5(12)1-2-13-7(4)14-6/h1-3H,(H,13,14). The van der Waals surface area contributed by atoms with Gasteiger partial charge in [-0.2, -0.15) is 13.2 Å². The Labute approximate surface area is 90.7 Å². The zero-order valence-electron chi connectivity index (χ0n) is 6.69. The van der Waals surface area contributed by atoms with Gasteiger partial charge in [0.2, 0.25) is 0 Å². The van der Waals surface area contributed by atoms with E-state index >= 15 is 0 Å². The van der Waals surface area contributed by atoms with Crippen LogP contribution >= 0.6 is 22.6 Å². The fraction of sp³-hybridized carbons (Fsp3) is 0.125. The molecular weight excluding hydrogens is 308 g/mol. The molecule has 0 unspecified atom stereocenters. The van der Waals surface area contributed by atoms with Crippen molar-refractivity contribution in [1.29, 1.82) is 0 Å². The van der Waals surface area contributed by atoms with Crippen LogP contribution in [0.15, 0.2) is 18.3 Å². The lowest BCUT2D eigenvalue weighted by atomic mass is 10.3. The Morgan fingerprint density at radius 3 is 2.64 bits per heavy atom. The molecule has 1 N–H and O–H groups in total. The summed E-state index contributed by atoms with van der Waals surface area (Å²) < 4.78 is 37.6. The van der Waals surface area contributed by atoms with Crippen molar-refractivity contribution in [3.05, 3.63) is 27.6 Å². The molecule has 2 aromatic heterocycles. The maximum absolute atomic E-state index is 12.3. The monoisotopic (exact) mass is 312 g/mol. The van der Waals surface area contributed by atoms with Crippen molar-refractivity contribution in [3.8, 4) is 0 Å². The quantitative estimate of drug-likeness (QED) is 0.744. The molecular formula is C8H4F3IN2. The number of alkyl halides is 3. The molecule has 0 atom stereocenters. The number of H-pyrrole nitrogens is 1. The van der Waals surface area contributed by atoms with E-state index in [1.807, 2.05) is 22.6 Å². The van der Waals surface area contributed by atoms with Crippen LogP contribution < -0.4 is 0 Å². The molecule has 0 amide bonds. The van der Waals surface area contributed by atoms with E-state index in [0.29, 0.717) is 5.39 Å². The van der Waals surface area contributed by atoms with Crippen molar-refractivity contribution in [3.63, 3.8) is 0 Å². The molecule has 0 radical (unpaired) electrons. The number of hydrogen-bond acceptors (Lipinski definition) is 1. The normalized spacial score (nSPS) is 12.3. The lowest BCUT2D eigenvalue weighted by Gasteiger charge is -2.00. The molecule has 0 aliphatic rings. The second-order valence-corrected chi connectivity index (χ2v) is 3.90. The summed E-state index contributed by atoms with van der Waals surface area (Å²) in [6.45, 7) is 0. The molecule has 2 nitrogen and oxygen atoms in total. The minimum Gasteiger partial charge on any atom is -0.336 e. The maximum atomic E-state index is 12.3. The lowest BCUT2D eigenvalue weighted by Crippen LogP contribution is -2.04.